The van der Waals surface area contributed by atoms with E-state index in [4.69, 9.17) is 9.47 Å². The number of aryl methyl sites for hydroxylation is 1. The molecule has 0 saturated carbocycles. The van der Waals surface area contributed by atoms with Crippen molar-refractivity contribution in [2.24, 2.45) is 5.92 Å². The predicted molar refractivity (Wildman–Crippen MR) is 108 cm³/mol. The van der Waals surface area contributed by atoms with E-state index >= 15 is 0 Å². The number of unbranched alkanes of at least 4 members (excludes halogenated alkanes) is 1. The molecule has 2 aromatic rings. The van der Waals surface area contributed by atoms with Crippen LogP contribution < -0.4 is 14.9 Å². The Morgan fingerprint density at radius 1 is 1.36 bits per heavy atom. The number of carbonyl (C=O) groups is 1. The molecule has 6 nitrogen and oxygen atoms in total. The van der Waals surface area contributed by atoms with Gasteiger partial charge in [-0.05, 0) is 30.9 Å². The van der Waals surface area contributed by atoms with E-state index in [9.17, 15) is 14.7 Å². The summed E-state index contributed by atoms with van der Waals surface area (Å²) in [6, 6.07) is 5.14. The highest BCUT2D eigenvalue weighted by atomic mass is 16.5. The van der Waals surface area contributed by atoms with Crippen LogP contribution in [0.2, 0.25) is 0 Å². The molecule has 3 rings (SSSR count). The van der Waals surface area contributed by atoms with Crippen LogP contribution in [0.5, 0.6) is 11.5 Å². The van der Waals surface area contributed by atoms with Crippen LogP contribution in [-0.4, -0.2) is 28.9 Å². The van der Waals surface area contributed by atoms with Crippen LogP contribution in [0.3, 0.4) is 0 Å². The van der Waals surface area contributed by atoms with Crippen LogP contribution in [0.25, 0.3) is 11.3 Å². The van der Waals surface area contributed by atoms with E-state index in [0.29, 0.717) is 24.7 Å². The summed E-state index contributed by atoms with van der Waals surface area (Å²) < 4.78 is 13.9. The second-order valence-electron chi connectivity index (χ2n) is 7.59. The number of carboxylic acids is 1. The van der Waals surface area contributed by atoms with Gasteiger partial charge in [-0.2, -0.15) is 0 Å². The lowest BCUT2D eigenvalue weighted by Crippen LogP contribution is -2.25. The summed E-state index contributed by atoms with van der Waals surface area (Å²) in [6.07, 6.45) is 3.48. The Morgan fingerprint density at radius 2 is 2.11 bits per heavy atom. The molecule has 0 spiro atoms. The fourth-order valence-corrected chi connectivity index (χ4v) is 3.44. The molecule has 1 aliphatic heterocycles. The number of ether oxygens (including phenoxy) is 2. The number of benzene rings is 1. The Labute approximate surface area is 164 Å². The van der Waals surface area contributed by atoms with Gasteiger partial charge in [0.1, 0.15) is 23.7 Å². The summed E-state index contributed by atoms with van der Waals surface area (Å²) in [5.41, 5.74) is 1.66. The molecule has 1 aliphatic rings. The molecule has 0 amide bonds. The highest BCUT2D eigenvalue weighted by molar-refractivity contribution is 5.87. The van der Waals surface area contributed by atoms with Crippen molar-refractivity contribution in [3.8, 4) is 22.8 Å². The molecule has 1 N–H and O–H groups in total. The molecule has 28 heavy (non-hydrogen) atoms. The van der Waals surface area contributed by atoms with E-state index in [1.807, 2.05) is 23.6 Å². The molecule has 0 aliphatic carbocycles. The summed E-state index contributed by atoms with van der Waals surface area (Å²) in [5, 5.41) is 9.38. The second kappa shape index (κ2) is 8.09. The Bertz CT molecular complexity index is 945. The van der Waals surface area contributed by atoms with Gasteiger partial charge in [-0.25, -0.2) is 4.79 Å². The molecule has 0 bridgehead atoms. The minimum absolute atomic E-state index is 0.0918. The number of aromatic nitrogens is 1. The molecule has 1 atom stereocenters. The monoisotopic (exact) mass is 385 g/mol. The summed E-state index contributed by atoms with van der Waals surface area (Å²) >= 11 is 0. The normalized spacial score (nSPS) is 15.4. The van der Waals surface area contributed by atoms with Gasteiger partial charge in [0, 0.05) is 23.9 Å². The maximum atomic E-state index is 12.4. The van der Waals surface area contributed by atoms with Crippen molar-refractivity contribution in [2.45, 2.75) is 46.6 Å². The fourth-order valence-electron chi connectivity index (χ4n) is 3.44. The molecule has 0 fully saturated rings. The standard InChI is InChI=1S/C22H27NO5/c1-5-6-7-27-20-10-21-15(8-14(20)4)17-9-19(24)16(22(25)26)11-23(17)18(12-28-21)13(2)3/h8-11,13,18H,5-7,12H2,1-4H3,(H,25,26)/t18-/m0/s1. The van der Waals surface area contributed by atoms with Crippen molar-refractivity contribution >= 4 is 5.97 Å². The van der Waals surface area contributed by atoms with Gasteiger partial charge < -0.3 is 19.1 Å². The van der Waals surface area contributed by atoms with Crippen molar-refractivity contribution in [1.82, 2.24) is 4.57 Å². The maximum absolute atomic E-state index is 12.4. The van der Waals surface area contributed by atoms with Gasteiger partial charge in [-0.3, -0.25) is 4.79 Å². The zero-order valence-corrected chi connectivity index (χ0v) is 16.8. The van der Waals surface area contributed by atoms with Gasteiger partial charge in [0.25, 0.3) is 0 Å². The molecule has 2 heterocycles. The number of hydrogen-bond acceptors (Lipinski definition) is 4. The summed E-state index contributed by atoms with van der Waals surface area (Å²) in [5.74, 6) is 0.394. The van der Waals surface area contributed by atoms with E-state index in [1.165, 1.54) is 12.3 Å². The Kier molecular flexibility index (Phi) is 5.77. The fraction of sp³-hybridized carbons (Fsp3) is 0.455. The smallest absolute Gasteiger partial charge is 0.341 e. The first-order valence-electron chi connectivity index (χ1n) is 9.73. The maximum Gasteiger partial charge on any atom is 0.341 e. The zero-order valence-electron chi connectivity index (χ0n) is 16.8. The number of aromatic carboxylic acids is 1. The van der Waals surface area contributed by atoms with Crippen molar-refractivity contribution in [2.75, 3.05) is 13.2 Å². The Hall–Kier alpha value is -2.76. The van der Waals surface area contributed by atoms with Crippen LogP contribution >= 0.6 is 0 Å². The first-order valence-corrected chi connectivity index (χ1v) is 9.73. The lowest BCUT2D eigenvalue weighted by Gasteiger charge is -2.24. The third-order valence-corrected chi connectivity index (χ3v) is 5.16. The van der Waals surface area contributed by atoms with Crippen molar-refractivity contribution in [3.63, 3.8) is 0 Å². The van der Waals surface area contributed by atoms with Crippen LogP contribution in [0, 0.1) is 12.8 Å². The molecule has 1 aromatic carbocycles. The van der Waals surface area contributed by atoms with Gasteiger partial charge in [0.15, 0.2) is 5.43 Å². The minimum atomic E-state index is -1.22. The predicted octanol–water partition coefficient (Wildman–Crippen LogP) is 4.29. The molecule has 0 unspecified atom stereocenters. The van der Waals surface area contributed by atoms with Crippen molar-refractivity contribution in [3.05, 3.63) is 45.7 Å². The molecular formula is C22H27NO5. The lowest BCUT2D eigenvalue weighted by atomic mass is 10.0. The molecule has 150 valence electrons. The molecule has 0 saturated heterocycles. The molecular weight excluding hydrogens is 358 g/mol. The first kappa shape index (κ1) is 20.0. The highest BCUT2D eigenvalue weighted by Crippen LogP contribution is 2.40. The largest absolute Gasteiger partial charge is 0.493 e. The molecule has 1 aromatic heterocycles. The number of nitrogens with zero attached hydrogens (tertiary/aromatic N) is 1. The SMILES string of the molecule is CCCCOc1cc2c(cc1C)-c1cc(=O)c(C(=O)O)cn1[C@H](C(C)C)CO2. The van der Waals surface area contributed by atoms with E-state index in [0.717, 1.165) is 29.7 Å². The average Bonchev–Trinajstić information content (AvgIpc) is 2.78. The van der Waals surface area contributed by atoms with Gasteiger partial charge in [0.05, 0.1) is 18.3 Å². The number of rotatable bonds is 6. The lowest BCUT2D eigenvalue weighted by molar-refractivity contribution is 0.0694. The topological polar surface area (TPSA) is 77.8 Å². The number of fused-ring (bicyclic) bond motifs is 3. The van der Waals surface area contributed by atoms with Gasteiger partial charge >= 0.3 is 5.97 Å². The molecule has 6 heteroatoms. The van der Waals surface area contributed by atoms with E-state index in [1.54, 1.807) is 0 Å². The summed E-state index contributed by atoms with van der Waals surface area (Å²) in [4.78, 5) is 23.9. The minimum Gasteiger partial charge on any atom is -0.493 e. The Morgan fingerprint density at radius 3 is 2.75 bits per heavy atom. The van der Waals surface area contributed by atoms with Gasteiger partial charge in [-0.15, -0.1) is 0 Å². The van der Waals surface area contributed by atoms with Gasteiger partial charge in [0.2, 0.25) is 0 Å². The van der Waals surface area contributed by atoms with Gasteiger partial charge in [-0.1, -0.05) is 27.2 Å². The van der Waals surface area contributed by atoms with E-state index < -0.39 is 11.4 Å². The summed E-state index contributed by atoms with van der Waals surface area (Å²) in [6.45, 7) is 9.20. The van der Waals surface area contributed by atoms with Crippen LogP contribution in [0.1, 0.15) is 55.6 Å². The zero-order chi connectivity index (χ0) is 20.4. The van der Waals surface area contributed by atoms with Crippen molar-refractivity contribution < 1.29 is 19.4 Å². The third-order valence-electron chi connectivity index (χ3n) is 5.16. The summed E-state index contributed by atoms with van der Waals surface area (Å²) in [7, 11) is 0. The Balaban J connectivity index is 2.16. The number of hydrogen-bond donors (Lipinski definition) is 1. The molecule has 0 radical (unpaired) electrons. The van der Waals surface area contributed by atoms with Crippen LogP contribution in [-0.2, 0) is 0 Å². The highest BCUT2D eigenvalue weighted by Gasteiger charge is 2.27. The average molecular weight is 385 g/mol. The third kappa shape index (κ3) is 3.77. The van der Waals surface area contributed by atoms with Crippen LogP contribution in [0.15, 0.2) is 29.2 Å². The van der Waals surface area contributed by atoms with Crippen LogP contribution in [0.4, 0.5) is 0 Å². The van der Waals surface area contributed by atoms with E-state index in [-0.39, 0.29) is 17.5 Å². The quantitative estimate of drug-likeness (QED) is 0.751. The van der Waals surface area contributed by atoms with E-state index in [2.05, 4.69) is 20.8 Å². The second-order valence-corrected chi connectivity index (χ2v) is 7.59. The van der Waals surface area contributed by atoms with Crippen molar-refractivity contribution in [1.29, 1.82) is 0 Å². The number of pyridine rings is 1. The first-order chi connectivity index (χ1) is 13.3. The number of carboxylic acid groups (broad SMARTS) is 1.